The molecular formula is C21H20F2N6O. The number of nitriles is 1. The van der Waals surface area contributed by atoms with E-state index < -0.39 is 6.43 Å². The summed E-state index contributed by atoms with van der Waals surface area (Å²) in [6.07, 6.45) is -0.938. The lowest BCUT2D eigenvalue weighted by Crippen LogP contribution is -2.46. The molecule has 0 radical (unpaired) electrons. The molecule has 0 aliphatic carbocycles. The number of nitrogens with one attached hydrogen (secondary N) is 1. The molecule has 0 amide bonds. The summed E-state index contributed by atoms with van der Waals surface area (Å²) >= 11 is 0. The second kappa shape index (κ2) is 8.16. The average molecular weight is 410 g/mol. The van der Waals surface area contributed by atoms with Gasteiger partial charge in [0.05, 0.1) is 16.7 Å². The molecule has 7 nitrogen and oxygen atoms in total. The summed E-state index contributed by atoms with van der Waals surface area (Å²) < 4.78 is 26.8. The topological polar surface area (TPSA) is 88.9 Å². The number of aromatic amines is 1. The third-order valence-electron chi connectivity index (χ3n) is 5.28. The van der Waals surface area contributed by atoms with E-state index in [4.69, 9.17) is 5.26 Å². The number of anilines is 1. The number of nitrogens with zero attached hydrogens (tertiary/aromatic N) is 5. The summed E-state index contributed by atoms with van der Waals surface area (Å²) in [4.78, 5) is 27.0. The van der Waals surface area contributed by atoms with Gasteiger partial charge >= 0.3 is 0 Å². The van der Waals surface area contributed by atoms with Crippen molar-refractivity contribution in [2.75, 3.05) is 31.1 Å². The highest BCUT2D eigenvalue weighted by molar-refractivity contribution is 5.74. The molecule has 1 aliphatic heterocycles. The van der Waals surface area contributed by atoms with Crippen LogP contribution in [0.5, 0.6) is 0 Å². The smallest absolute Gasteiger partial charge is 0.282 e. The maximum Gasteiger partial charge on any atom is 0.282 e. The number of rotatable bonds is 4. The van der Waals surface area contributed by atoms with Crippen molar-refractivity contribution in [1.29, 1.82) is 5.26 Å². The first-order valence-corrected chi connectivity index (χ1v) is 9.59. The van der Waals surface area contributed by atoms with Crippen molar-refractivity contribution in [1.82, 2.24) is 19.9 Å². The van der Waals surface area contributed by atoms with E-state index in [0.29, 0.717) is 49.5 Å². The zero-order chi connectivity index (χ0) is 21.3. The maximum atomic E-state index is 13.4. The van der Waals surface area contributed by atoms with Gasteiger partial charge in [0.15, 0.2) is 0 Å². The molecule has 9 heteroatoms. The van der Waals surface area contributed by atoms with E-state index in [9.17, 15) is 13.6 Å². The fraction of sp³-hybridized carbons (Fsp3) is 0.333. The summed E-state index contributed by atoms with van der Waals surface area (Å²) in [7, 11) is 0. The molecule has 30 heavy (non-hydrogen) atoms. The minimum Gasteiger partial charge on any atom is -0.367 e. The third kappa shape index (κ3) is 4.00. The Morgan fingerprint density at radius 3 is 2.70 bits per heavy atom. The number of fused-ring (bicyclic) bond motifs is 1. The van der Waals surface area contributed by atoms with Crippen LogP contribution in [0, 0.1) is 18.3 Å². The van der Waals surface area contributed by atoms with Crippen molar-refractivity contribution in [2.24, 2.45) is 0 Å². The fourth-order valence-corrected chi connectivity index (χ4v) is 3.67. The zero-order valence-electron chi connectivity index (χ0n) is 16.4. The largest absolute Gasteiger partial charge is 0.367 e. The number of aryl methyl sites for hydroxylation is 1. The fourth-order valence-electron chi connectivity index (χ4n) is 3.67. The maximum absolute atomic E-state index is 13.4. The molecule has 154 valence electrons. The Labute approximate surface area is 171 Å². The van der Waals surface area contributed by atoms with E-state index >= 15 is 0 Å². The first-order valence-electron chi connectivity index (χ1n) is 9.59. The minimum atomic E-state index is -2.74. The summed E-state index contributed by atoms with van der Waals surface area (Å²) in [5.74, 6) is 0. The molecule has 1 aliphatic rings. The van der Waals surface area contributed by atoms with Gasteiger partial charge in [0, 0.05) is 44.5 Å². The molecule has 0 spiro atoms. The van der Waals surface area contributed by atoms with Crippen molar-refractivity contribution >= 4 is 16.7 Å². The van der Waals surface area contributed by atoms with Crippen LogP contribution in [0.1, 0.15) is 28.9 Å². The van der Waals surface area contributed by atoms with Gasteiger partial charge in [-0.1, -0.05) is 0 Å². The SMILES string of the molecule is Cc1cc2ncc(CN3CCN(c4ccc(C#N)nc4C(F)F)CC3)cc2[nH]c1=O. The highest BCUT2D eigenvalue weighted by Gasteiger charge is 2.24. The second-order valence-corrected chi connectivity index (χ2v) is 7.33. The molecule has 0 bridgehead atoms. The standard InChI is InChI=1S/C21H20F2N6O/c1-13-8-16-17(27-21(13)30)9-14(11-25-16)12-28-4-6-29(7-5-28)18-3-2-15(10-24)26-19(18)20(22)23/h2-3,8-9,11,20H,4-7,12H2,1H3,(H,27,30). The van der Waals surface area contributed by atoms with Crippen LogP contribution in [-0.2, 0) is 6.54 Å². The Morgan fingerprint density at radius 1 is 1.23 bits per heavy atom. The van der Waals surface area contributed by atoms with Crippen LogP contribution >= 0.6 is 0 Å². The molecule has 0 saturated carbocycles. The molecule has 0 unspecified atom stereocenters. The van der Waals surface area contributed by atoms with Crippen LogP contribution in [0.25, 0.3) is 11.0 Å². The number of alkyl halides is 2. The number of piperazine rings is 1. The normalized spacial score (nSPS) is 15.0. The van der Waals surface area contributed by atoms with Gasteiger partial charge in [-0.2, -0.15) is 5.26 Å². The van der Waals surface area contributed by atoms with Gasteiger partial charge in [0.25, 0.3) is 12.0 Å². The predicted molar refractivity (Wildman–Crippen MR) is 108 cm³/mol. The van der Waals surface area contributed by atoms with E-state index in [2.05, 4.69) is 19.9 Å². The Bertz CT molecular complexity index is 1180. The van der Waals surface area contributed by atoms with E-state index in [-0.39, 0.29) is 16.9 Å². The van der Waals surface area contributed by atoms with Gasteiger partial charge in [-0.3, -0.25) is 14.7 Å². The predicted octanol–water partition coefficient (Wildman–Crippen LogP) is 2.76. The van der Waals surface area contributed by atoms with Crippen LogP contribution < -0.4 is 10.5 Å². The van der Waals surface area contributed by atoms with E-state index in [0.717, 1.165) is 11.1 Å². The molecule has 3 aromatic heterocycles. The Morgan fingerprint density at radius 2 is 2.00 bits per heavy atom. The lowest BCUT2D eigenvalue weighted by Gasteiger charge is -2.36. The van der Waals surface area contributed by atoms with Gasteiger partial charge in [0.1, 0.15) is 17.5 Å². The molecule has 3 aromatic rings. The van der Waals surface area contributed by atoms with Crippen LogP contribution in [-0.4, -0.2) is 46.0 Å². The molecule has 4 rings (SSSR count). The van der Waals surface area contributed by atoms with Gasteiger partial charge < -0.3 is 9.88 Å². The number of H-pyrrole nitrogens is 1. The number of pyridine rings is 3. The molecule has 4 heterocycles. The monoisotopic (exact) mass is 410 g/mol. The highest BCUT2D eigenvalue weighted by atomic mass is 19.3. The lowest BCUT2D eigenvalue weighted by atomic mass is 10.1. The van der Waals surface area contributed by atoms with Gasteiger partial charge in [-0.05, 0) is 36.8 Å². The van der Waals surface area contributed by atoms with Gasteiger partial charge in [-0.25, -0.2) is 13.8 Å². The molecule has 1 fully saturated rings. The Kier molecular flexibility index (Phi) is 5.42. The summed E-state index contributed by atoms with van der Waals surface area (Å²) in [6.45, 7) is 4.92. The first kappa shape index (κ1) is 19.9. The van der Waals surface area contributed by atoms with E-state index in [1.165, 1.54) is 6.07 Å². The molecule has 1 N–H and O–H groups in total. The van der Waals surface area contributed by atoms with E-state index in [1.54, 1.807) is 31.3 Å². The minimum absolute atomic E-state index is 0.00951. The van der Waals surface area contributed by atoms with Crippen molar-refractivity contribution in [2.45, 2.75) is 19.9 Å². The van der Waals surface area contributed by atoms with Crippen LogP contribution in [0.15, 0.2) is 35.3 Å². The number of halogens is 2. The summed E-state index contributed by atoms with van der Waals surface area (Å²) in [5, 5.41) is 8.91. The molecular weight excluding hydrogens is 390 g/mol. The van der Waals surface area contributed by atoms with Crippen LogP contribution in [0.4, 0.5) is 14.5 Å². The van der Waals surface area contributed by atoms with Gasteiger partial charge in [-0.15, -0.1) is 0 Å². The first-order chi connectivity index (χ1) is 14.4. The summed E-state index contributed by atoms with van der Waals surface area (Å²) in [5.41, 5.74) is 2.94. The Hall–Kier alpha value is -3.38. The van der Waals surface area contributed by atoms with Gasteiger partial charge in [0.2, 0.25) is 0 Å². The van der Waals surface area contributed by atoms with Crippen molar-refractivity contribution in [3.8, 4) is 6.07 Å². The van der Waals surface area contributed by atoms with Crippen molar-refractivity contribution in [3.05, 3.63) is 63.3 Å². The van der Waals surface area contributed by atoms with E-state index in [1.807, 2.05) is 11.0 Å². The molecule has 0 atom stereocenters. The quantitative estimate of drug-likeness (QED) is 0.712. The number of hydrogen-bond donors (Lipinski definition) is 1. The third-order valence-corrected chi connectivity index (χ3v) is 5.28. The average Bonchev–Trinajstić information content (AvgIpc) is 2.75. The number of hydrogen-bond acceptors (Lipinski definition) is 6. The molecule has 0 aromatic carbocycles. The van der Waals surface area contributed by atoms with Crippen LogP contribution in [0.3, 0.4) is 0 Å². The lowest BCUT2D eigenvalue weighted by molar-refractivity contribution is 0.146. The van der Waals surface area contributed by atoms with Crippen molar-refractivity contribution in [3.63, 3.8) is 0 Å². The van der Waals surface area contributed by atoms with Crippen LogP contribution in [0.2, 0.25) is 0 Å². The second-order valence-electron chi connectivity index (χ2n) is 7.33. The summed E-state index contributed by atoms with van der Waals surface area (Å²) in [6, 6.07) is 8.52. The highest BCUT2D eigenvalue weighted by Crippen LogP contribution is 2.29. The number of aromatic nitrogens is 3. The Balaban J connectivity index is 1.45. The van der Waals surface area contributed by atoms with Crippen molar-refractivity contribution < 1.29 is 8.78 Å². The zero-order valence-corrected chi connectivity index (χ0v) is 16.4. The molecule has 1 saturated heterocycles.